The van der Waals surface area contributed by atoms with Crippen LogP contribution in [0, 0.1) is 5.92 Å². The molecule has 1 aliphatic rings. The van der Waals surface area contributed by atoms with Crippen LogP contribution in [0.4, 0.5) is 0 Å². The van der Waals surface area contributed by atoms with Gasteiger partial charge in [0.25, 0.3) is 0 Å². The fourth-order valence-electron chi connectivity index (χ4n) is 3.01. The normalized spacial score (nSPS) is 16.9. The van der Waals surface area contributed by atoms with Gasteiger partial charge in [0.05, 0.1) is 12.0 Å². The summed E-state index contributed by atoms with van der Waals surface area (Å²) in [5.74, 6) is -4.19. The number of hydrogen-bond acceptors (Lipinski definition) is 8. The Kier molecular flexibility index (Phi) is 12.0. The zero-order chi connectivity index (χ0) is 27.3. The summed E-state index contributed by atoms with van der Waals surface area (Å²) in [6, 6.07) is 8.11. The van der Waals surface area contributed by atoms with Crippen LogP contribution in [0.3, 0.4) is 0 Å². The third kappa shape index (κ3) is 11.6. The number of hydrogen-bond donors (Lipinski definition) is 8. The van der Waals surface area contributed by atoms with E-state index < -0.39 is 17.9 Å². The van der Waals surface area contributed by atoms with Crippen LogP contribution in [0.5, 0.6) is 23.0 Å². The Morgan fingerprint density at radius 1 is 0.694 bits per heavy atom. The summed E-state index contributed by atoms with van der Waals surface area (Å²) in [4.78, 5) is 30.6. The largest absolute Gasteiger partial charge is 0.504 e. The van der Waals surface area contributed by atoms with Crippen LogP contribution < -0.4 is 0 Å². The van der Waals surface area contributed by atoms with Gasteiger partial charge < -0.3 is 40.9 Å². The van der Waals surface area contributed by atoms with Crippen molar-refractivity contribution in [3.05, 3.63) is 59.7 Å². The zero-order valence-electron chi connectivity index (χ0n) is 19.1. The monoisotopic (exact) mass is 504 g/mol. The Morgan fingerprint density at radius 2 is 1.14 bits per heavy atom. The average Bonchev–Trinajstić information content (AvgIpc) is 2.81. The second-order valence-electron chi connectivity index (χ2n) is 7.70. The third-order valence-electron chi connectivity index (χ3n) is 4.83. The van der Waals surface area contributed by atoms with Gasteiger partial charge in [-0.1, -0.05) is 18.6 Å². The van der Waals surface area contributed by atoms with E-state index in [1.165, 1.54) is 48.6 Å². The number of benzene rings is 2. The van der Waals surface area contributed by atoms with E-state index in [2.05, 4.69) is 0 Å². The first-order chi connectivity index (χ1) is 16.9. The highest BCUT2D eigenvalue weighted by molar-refractivity contribution is 5.85. The molecule has 0 bridgehead atoms. The maximum absolute atomic E-state index is 10.4. The van der Waals surface area contributed by atoms with E-state index in [0.29, 0.717) is 17.5 Å². The molecule has 0 saturated heterocycles. The van der Waals surface area contributed by atoms with Crippen molar-refractivity contribution in [2.45, 2.75) is 31.8 Å². The number of aromatic hydroxyl groups is 4. The molecule has 1 saturated carbocycles. The van der Waals surface area contributed by atoms with E-state index >= 15 is 0 Å². The van der Waals surface area contributed by atoms with Gasteiger partial charge in [-0.25, -0.2) is 9.59 Å². The summed E-state index contributed by atoms with van der Waals surface area (Å²) >= 11 is 0. The van der Waals surface area contributed by atoms with Crippen LogP contribution in [-0.2, 0) is 14.4 Å². The fourth-order valence-corrected chi connectivity index (χ4v) is 3.01. The number of rotatable bonds is 5. The molecule has 36 heavy (non-hydrogen) atoms. The van der Waals surface area contributed by atoms with E-state index in [-0.39, 0.29) is 35.0 Å². The Hall–Kier alpha value is -4.51. The molecule has 1 fully saturated rings. The summed E-state index contributed by atoms with van der Waals surface area (Å²) in [6.07, 6.45) is 6.94. The lowest BCUT2D eigenvalue weighted by Crippen LogP contribution is -2.25. The lowest BCUT2D eigenvalue weighted by atomic mass is 9.87. The molecule has 0 heterocycles. The molecule has 0 spiro atoms. The van der Waals surface area contributed by atoms with Crippen LogP contribution in [0.25, 0.3) is 12.2 Å². The van der Waals surface area contributed by atoms with Crippen molar-refractivity contribution in [1.82, 2.24) is 0 Å². The van der Waals surface area contributed by atoms with Gasteiger partial charge in [-0.05, 0) is 66.8 Å². The molecule has 8 N–H and O–H groups in total. The van der Waals surface area contributed by atoms with Gasteiger partial charge in [0.15, 0.2) is 23.0 Å². The van der Waals surface area contributed by atoms with Crippen molar-refractivity contribution in [3.8, 4) is 23.0 Å². The summed E-state index contributed by atoms with van der Waals surface area (Å²) in [7, 11) is 0. The van der Waals surface area contributed by atoms with Crippen LogP contribution in [-0.4, -0.2) is 64.9 Å². The summed E-state index contributed by atoms with van der Waals surface area (Å²) in [5, 5.41) is 70.1. The first-order valence-corrected chi connectivity index (χ1v) is 10.7. The third-order valence-corrected chi connectivity index (χ3v) is 4.83. The number of aliphatic hydroxyl groups excluding tert-OH is 1. The van der Waals surface area contributed by atoms with Crippen LogP contribution in [0.1, 0.15) is 36.8 Å². The molecule has 0 aromatic heterocycles. The van der Waals surface area contributed by atoms with E-state index in [1.54, 1.807) is 0 Å². The zero-order valence-corrected chi connectivity index (χ0v) is 19.1. The van der Waals surface area contributed by atoms with Gasteiger partial charge in [-0.2, -0.15) is 0 Å². The van der Waals surface area contributed by atoms with Crippen LogP contribution in [0.15, 0.2) is 48.6 Å². The highest BCUT2D eigenvalue weighted by atomic mass is 16.4. The minimum atomic E-state index is -1.06. The van der Waals surface area contributed by atoms with E-state index in [1.807, 2.05) is 0 Å². The maximum atomic E-state index is 10.4. The quantitative estimate of drug-likeness (QED) is 0.219. The minimum absolute atomic E-state index is 0.229. The number of phenols is 4. The van der Waals surface area contributed by atoms with E-state index in [4.69, 9.17) is 40.9 Å². The average molecular weight is 504 g/mol. The molecule has 194 valence electrons. The second-order valence-corrected chi connectivity index (χ2v) is 7.70. The number of phenolic OH excluding ortho intramolecular Hbond substituents is 4. The first-order valence-electron chi connectivity index (χ1n) is 10.7. The number of carboxylic acid groups (broad SMARTS) is 3. The lowest BCUT2D eigenvalue weighted by Gasteiger charge is -2.21. The number of aliphatic carboxylic acids is 3. The smallest absolute Gasteiger partial charge is 0.328 e. The number of aliphatic hydroxyl groups is 1. The van der Waals surface area contributed by atoms with Crippen LogP contribution >= 0.6 is 0 Å². The summed E-state index contributed by atoms with van der Waals surface area (Å²) < 4.78 is 0. The van der Waals surface area contributed by atoms with Crippen molar-refractivity contribution in [3.63, 3.8) is 0 Å². The highest BCUT2D eigenvalue weighted by Gasteiger charge is 2.25. The molecule has 2 unspecified atom stereocenters. The predicted octanol–water partition coefficient (Wildman–Crippen LogP) is 3.01. The molecule has 11 nitrogen and oxygen atoms in total. The standard InChI is InChI=1S/2C9H8O4.C7H12O3/c2*10-7-3-1-6(5-8(7)11)2-4-9(12)13;8-6-3-1-2-5(4-6)7(9)10/h2*1-5,10-11H,(H,12,13);5-6,8H,1-4H2,(H,9,10)/b2*4-2+;. The van der Waals surface area contributed by atoms with Crippen molar-refractivity contribution >= 4 is 30.1 Å². The molecular formula is C25H28O11. The molecule has 2 aromatic rings. The fraction of sp³-hybridized carbons (Fsp3) is 0.240. The van der Waals surface area contributed by atoms with Crippen molar-refractivity contribution < 1.29 is 55.2 Å². The molecule has 0 aliphatic heterocycles. The first kappa shape index (κ1) is 29.5. The highest BCUT2D eigenvalue weighted by Crippen LogP contribution is 2.26. The van der Waals surface area contributed by atoms with Gasteiger partial charge in [0.2, 0.25) is 0 Å². The van der Waals surface area contributed by atoms with E-state index in [0.717, 1.165) is 31.4 Å². The van der Waals surface area contributed by atoms with Gasteiger partial charge in [0, 0.05) is 12.2 Å². The molecular weight excluding hydrogens is 476 g/mol. The van der Waals surface area contributed by atoms with Gasteiger partial charge in [-0.3, -0.25) is 4.79 Å². The Labute approximate surface area is 206 Å². The Balaban J connectivity index is 0.000000273. The van der Waals surface area contributed by atoms with Gasteiger partial charge >= 0.3 is 17.9 Å². The van der Waals surface area contributed by atoms with Crippen molar-refractivity contribution in [2.24, 2.45) is 5.92 Å². The van der Waals surface area contributed by atoms with Crippen LogP contribution in [0.2, 0.25) is 0 Å². The molecule has 0 radical (unpaired) electrons. The SMILES string of the molecule is O=C(O)/C=C/c1ccc(O)c(O)c1.O=C(O)/C=C/c1ccc(O)c(O)c1.O=C(O)C1CCCC(O)C1. The van der Waals surface area contributed by atoms with Gasteiger partial charge in [0.1, 0.15) is 0 Å². The van der Waals surface area contributed by atoms with E-state index in [9.17, 15) is 14.4 Å². The topological polar surface area (TPSA) is 213 Å². The second kappa shape index (κ2) is 14.7. The maximum Gasteiger partial charge on any atom is 0.328 e. The Bertz CT molecular complexity index is 1030. The van der Waals surface area contributed by atoms with Gasteiger partial charge in [-0.15, -0.1) is 0 Å². The minimum Gasteiger partial charge on any atom is -0.504 e. The lowest BCUT2D eigenvalue weighted by molar-refractivity contribution is -0.144. The number of carbonyl (C=O) groups is 3. The molecule has 2 aromatic carbocycles. The Morgan fingerprint density at radius 3 is 1.44 bits per heavy atom. The summed E-state index contributed by atoms with van der Waals surface area (Å²) in [5.41, 5.74) is 1.02. The molecule has 2 atom stereocenters. The molecule has 11 heteroatoms. The number of carboxylic acids is 3. The van der Waals surface area contributed by atoms with Crippen molar-refractivity contribution in [2.75, 3.05) is 0 Å². The van der Waals surface area contributed by atoms with Crippen molar-refractivity contribution in [1.29, 1.82) is 0 Å². The predicted molar refractivity (Wildman–Crippen MR) is 128 cm³/mol. The summed E-state index contributed by atoms with van der Waals surface area (Å²) in [6.45, 7) is 0. The molecule has 3 rings (SSSR count). The molecule has 1 aliphatic carbocycles. The molecule has 0 amide bonds.